The fourth-order valence-corrected chi connectivity index (χ4v) is 3.74. The summed E-state index contributed by atoms with van der Waals surface area (Å²) in [6.45, 7) is 1.97. The summed E-state index contributed by atoms with van der Waals surface area (Å²) in [5.74, 6) is -0.461. The number of nitrogens with zero attached hydrogens (tertiary/aromatic N) is 5. The molecule has 10 heteroatoms. The highest BCUT2D eigenvalue weighted by Gasteiger charge is 2.15. The van der Waals surface area contributed by atoms with Crippen LogP contribution < -0.4 is 0 Å². The molecule has 29 heavy (non-hydrogen) atoms. The maximum Gasteiger partial charge on any atom is 0.409 e. The molecular weight excluding hydrogens is 395 g/mol. The zero-order valence-electron chi connectivity index (χ0n) is 15.9. The molecule has 1 aromatic carbocycles. The Hall–Kier alpha value is -3.40. The van der Waals surface area contributed by atoms with Gasteiger partial charge in [-0.3, -0.25) is 5.10 Å². The third-order valence-corrected chi connectivity index (χ3v) is 5.34. The van der Waals surface area contributed by atoms with Crippen LogP contribution in [0.2, 0.25) is 0 Å². The Morgan fingerprint density at radius 2 is 2.03 bits per heavy atom. The van der Waals surface area contributed by atoms with Gasteiger partial charge < -0.3 is 9.64 Å². The van der Waals surface area contributed by atoms with Crippen LogP contribution in [-0.4, -0.2) is 50.5 Å². The zero-order chi connectivity index (χ0) is 20.5. The number of rotatable bonds is 4. The average molecular weight is 412 g/mol. The number of ether oxygens (including phenoxy) is 1. The number of carbonyl (C=O) groups is 1. The third-order valence-electron chi connectivity index (χ3n) is 4.19. The highest BCUT2D eigenvalue weighted by molar-refractivity contribution is 7.15. The van der Waals surface area contributed by atoms with Gasteiger partial charge in [-0.1, -0.05) is 11.3 Å². The van der Waals surface area contributed by atoms with E-state index < -0.39 is 11.9 Å². The number of thiazole rings is 1. The molecule has 4 rings (SSSR count). The van der Waals surface area contributed by atoms with Gasteiger partial charge in [0.15, 0.2) is 5.82 Å². The molecule has 0 unspecified atom stereocenters. The second-order valence-electron chi connectivity index (χ2n) is 6.55. The lowest BCUT2D eigenvalue weighted by Gasteiger charge is -2.09. The van der Waals surface area contributed by atoms with Crippen molar-refractivity contribution in [2.45, 2.75) is 13.5 Å². The Kier molecular flexibility index (Phi) is 4.93. The van der Waals surface area contributed by atoms with E-state index in [-0.39, 0.29) is 12.1 Å². The van der Waals surface area contributed by atoms with Crippen molar-refractivity contribution in [3.63, 3.8) is 0 Å². The highest BCUT2D eigenvalue weighted by atomic mass is 32.1. The number of aromatic amines is 1. The molecule has 0 saturated heterocycles. The lowest BCUT2D eigenvalue weighted by Crippen LogP contribution is -2.22. The molecule has 0 spiro atoms. The van der Waals surface area contributed by atoms with E-state index in [0.29, 0.717) is 27.5 Å². The molecule has 148 valence electrons. The fraction of sp³-hybridized carbons (Fsp3) is 0.211. The van der Waals surface area contributed by atoms with E-state index in [1.165, 1.54) is 22.3 Å². The topological polar surface area (TPSA) is 96.9 Å². The number of halogens is 1. The van der Waals surface area contributed by atoms with Crippen molar-refractivity contribution in [3.05, 3.63) is 46.9 Å². The number of hydrogen-bond acceptors (Lipinski definition) is 7. The van der Waals surface area contributed by atoms with Crippen LogP contribution in [0.1, 0.15) is 10.7 Å². The van der Waals surface area contributed by atoms with E-state index in [1.807, 2.05) is 25.1 Å². The largest absolute Gasteiger partial charge is 0.442 e. The van der Waals surface area contributed by atoms with Gasteiger partial charge in [-0.05, 0) is 31.2 Å². The van der Waals surface area contributed by atoms with Crippen molar-refractivity contribution in [1.29, 1.82) is 0 Å². The first kappa shape index (κ1) is 18.9. The van der Waals surface area contributed by atoms with E-state index in [9.17, 15) is 9.18 Å². The monoisotopic (exact) mass is 412 g/mol. The van der Waals surface area contributed by atoms with Crippen LogP contribution in [0.5, 0.6) is 0 Å². The van der Waals surface area contributed by atoms with Crippen molar-refractivity contribution >= 4 is 28.5 Å². The molecule has 8 nitrogen and oxygen atoms in total. The minimum absolute atomic E-state index is 0.0942. The zero-order valence-corrected chi connectivity index (χ0v) is 16.7. The summed E-state index contributed by atoms with van der Waals surface area (Å²) in [4.78, 5) is 23.0. The van der Waals surface area contributed by atoms with Crippen LogP contribution in [-0.2, 0) is 11.3 Å². The van der Waals surface area contributed by atoms with Gasteiger partial charge in [0.25, 0.3) is 0 Å². The molecule has 0 aliphatic rings. The lowest BCUT2D eigenvalue weighted by atomic mass is 10.1. The number of H-pyrrole nitrogens is 1. The summed E-state index contributed by atoms with van der Waals surface area (Å²) in [6.07, 6.45) is -0.426. The normalized spacial score (nSPS) is 11.0. The Bertz CT molecular complexity index is 1200. The smallest absolute Gasteiger partial charge is 0.409 e. The van der Waals surface area contributed by atoms with E-state index >= 15 is 0 Å². The molecule has 0 aliphatic carbocycles. The quantitative estimate of drug-likeness (QED) is 0.548. The van der Waals surface area contributed by atoms with Crippen molar-refractivity contribution in [2.24, 2.45) is 0 Å². The fourth-order valence-electron chi connectivity index (χ4n) is 2.79. The van der Waals surface area contributed by atoms with Gasteiger partial charge in [-0.25, -0.2) is 19.2 Å². The van der Waals surface area contributed by atoms with Crippen LogP contribution in [0.4, 0.5) is 9.18 Å². The lowest BCUT2D eigenvalue weighted by molar-refractivity contribution is 0.112. The molecule has 0 saturated carbocycles. The predicted molar refractivity (Wildman–Crippen MR) is 107 cm³/mol. The van der Waals surface area contributed by atoms with Crippen LogP contribution >= 0.6 is 11.3 Å². The minimum atomic E-state index is -0.461. The second-order valence-corrected chi connectivity index (χ2v) is 7.63. The van der Waals surface area contributed by atoms with Gasteiger partial charge in [0.2, 0.25) is 0 Å². The van der Waals surface area contributed by atoms with E-state index in [0.717, 1.165) is 10.6 Å². The standard InChI is InChI=1S/C19H17FN6O2S/c1-10-18(29-16(21-10)9-28-19(27)26(2)3)14-6-4-5-13(22-14)11-7-12(20)17-15(8-11)23-25-24-17/h4-8H,9H2,1-3H3,(H,23,24,25). The summed E-state index contributed by atoms with van der Waals surface area (Å²) in [7, 11) is 3.24. The van der Waals surface area contributed by atoms with Crippen molar-refractivity contribution in [1.82, 2.24) is 30.3 Å². The summed E-state index contributed by atoms with van der Waals surface area (Å²) in [5, 5.41) is 10.7. The molecule has 3 aromatic heterocycles. The molecular formula is C19H17FN6O2S. The van der Waals surface area contributed by atoms with Gasteiger partial charge in [-0.2, -0.15) is 0 Å². The molecule has 0 bridgehead atoms. The maximum absolute atomic E-state index is 14.3. The Morgan fingerprint density at radius 3 is 2.83 bits per heavy atom. The third kappa shape index (κ3) is 3.79. The minimum Gasteiger partial charge on any atom is -0.442 e. The van der Waals surface area contributed by atoms with Gasteiger partial charge in [-0.15, -0.1) is 16.4 Å². The van der Waals surface area contributed by atoms with E-state index in [1.54, 1.807) is 20.2 Å². The predicted octanol–water partition coefficient (Wildman–Crippen LogP) is 3.79. The Labute approximate surface area is 169 Å². The number of aromatic nitrogens is 5. The van der Waals surface area contributed by atoms with Gasteiger partial charge in [0.1, 0.15) is 17.1 Å². The number of pyridine rings is 1. The van der Waals surface area contributed by atoms with Crippen LogP contribution in [0, 0.1) is 12.7 Å². The number of benzene rings is 1. The molecule has 0 aliphatic heterocycles. The Morgan fingerprint density at radius 1 is 1.24 bits per heavy atom. The highest BCUT2D eigenvalue weighted by Crippen LogP contribution is 2.31. The Balaban J connectivity index is 1.64. The first-order valence-corrected chi connectivity index (χ1v) is 9.52. The summed E-state index contributed by atoms with van der Waals surface area (Å²) < 4.78 is 19.5. The van der Waals surface area contributed by atoms with Crippen molar-refractivity contribution < 1.29 is 13.9 Å². The molecule has 4 aromatic rings. The SMILES string of the molecule is Cc1nc(COC(=O)N(C)C)sc1-c1cccc(-c2cc(F)c3nn[nH]c3c2)n1. The number of amides is 1. The number of aryl methyl sites for hydroxylation is 1. The van der Waals surface area contributed by atoms with Crippen LogP contribution in [0.3, 0.4) is 0 Å². The summed E-state index contributed by atoms with van der Waals surface area (Å²) in [6, 6.07) is 8.69. The molecule has 1 N–H and O–H groups in total. The van der Waals surface area contributed by atoms with Crippen LogP contribution in [0.25, 0.3) is 32.9 Å². The second kappa shape index (κ2) is 7.55. The van der Waals surface area contributed by atoms with E-state index in [2.05, 4.69) is 25.4 Å². The number of fused-ring (bicyclic) bond motifs is 1. The van der Waals surface area contributed by atoms with Crippen molar-refractivity contribution in [3.8, 4) is 21.8 Å². The molecule has 0 fully saturated rings. The van der Waals surface area contributed by atoms with E-state index in [4.69, 9.17) is 4.74 Å². The van der Waals surface area contributed by atoms with Gasteiger partial charge >= 0.3 is 6.09 Å². The summed E-state index contributed by atoms with van der Waals surface area (Å²) >= 11 is 1.41. The van der Waals surface area contributed by atoms with Crippen LogP contribution in [0.15, 0.2) is 30.3 Å². The molecule has 3 heterocycles. The average Bonchev–Trinajstić information content (AvgIpc) is 3.32. The van der Waals surface area contributed by atoms with Gasteiger partial charge in [0, 0.05) is 19.7 Å². The molecule has 0 atom stereocenters. The number of hydrogen-bond donors (Lipinski definition) is 1. The first-order chi connectivity index (χ1) is 13.9. The summed E-state index contributed by atoms with van der Waals surface area (Å²) in [5.41, 5.74) is 3.43. The molecule has 0 radical (unpaired) electrons. The maximum atomic E-state index is 14.3. The molecule has 1 amide bonds. The number of nitrogens with one attached hydrogen (secondary N) is 1. The first-order valence-electron chi connectivity index (χ1n) is 8.71. The van der Waals surface area contributed by atoms with Crippen molar-refractivity contribution in [2.75, 3.05) is 14.1 Å². The number of carbonyl (C=O) groups excluding carboxylic acids is 1. The van der Waals surface area contributed by atoms with Gasteiger partial charge in [0.05, 0.1) is 27.5 Å².